The summed E-state index contributed by atoms with van der Waals surface area (Å²) in [6.45, 7) is 17.9. The van der Waals surface area contributed by atoms with Gasteiger partial charge in [0.1, 0.15) is 0 Å². The molecule has 32 heavy (non-hydrogen) atoms. The maximum absolute atomic E-state index is 7.50. The van der Waals surface area contributed by atoms with Gasteiger partial charge in [-0.15, -0.1) is 0 Å². The Morgan fingerprint density at radius 1 is 0.875 bits per heavy atom. The van der Waals surface area contributed by atoms with Gasteiger partial charge in [0.25, 0.3) is 0 Å². The Morgan fingerprint density at radius 2 is 1.44 bits per heavy atom. The number of benzene rings is 1. The number of anilines is 1. The third-order valence-corrected chi connectivity index (χ3v) is 5.53. The molecule has 0 radical (unpaired) electrons. The van der Waals surface area contributed by atoms with Gasteiger partial charge in [-0.3, -0.25) is 0 Å². The van der Waals surface area contributed by atoms with E-state index >= 15 is 0 Å². The standard InChI is InChI=1S/C22H31NO2.3CO.Fe/c1-5-6-7-8-9-12-16-15(2)21(24-3)22(25-4)19-17-13-10-11-14-18(17)23-20(16)19;3*1-2;/h10-11,13-14,17-18,23H,5-9,12H2,1-4H3;;;;/t17-,18+;;;;/m0..../s1. The number of hydrogen-bond acceptors (Lipinski definition) is 3. The first-order chi connectivity index (χ1) is 15.2. The van der Waals surface area contributed by atoms with E-state index in [9.17, 15) is 0 Å². The molecule has 0 aromatic heterocycles. The molecule has 1 aliphatic heterocycles. The van der Waals surface area contributed by atoms with Gasteiger partial charge in [0.05, 0.1) is 20.3 Å². The van der Waals surface area contributed by atoms with Crippen LogP contribution in [0.25, 0.3) is 0 Å². The minimum atomic E-state index is 0. The quantitative estimate of drug-likeness (QED) is 0.233. The number of ether oxygens (including phenoxy) is 2. The van der Waals surface area contributed by atoms with E-state index in [-0.39, 0.29) is 17.1 Å². The van der Waals surface area contributed by atoms with Crippen molar-refractivity contribution < 1.29 is 40.5 Å². The van der Waals surface area contributed by atoms with E-state index in [0.29, 0.717) is 12.0 Å². The number of unbranched alkanes of at least 4 members (excludes halogenated alkanes) is 4. The van der Waals surface area contributed by atoms with Crippen molar-refractivity contribution >= 4 is 5.69 Å². The summed E-state index contributed by atoms with van der Waals surface area (Å²) in [4.78, 5) is 0. The summed E-state index contributed by atoms with van der Waals surface area (Å²) in [5, 5.41) is 3.75. The van der Waals surface area contributed by atoms with Crippen molar-refractivity contribution in [3.05, 3.63) is 60.9 Å². The van der Waals surface area contributed by atoms with Gasteiger partial charge in [0, 0.05) is 39.8 Å². The molecule has 2 aliphatic rings. The van der Waals surface area contributed by atoms with E-state index in [0.717, 1.165) is 17.9 Å². The SMILES string of the molecule is CCCCCCCc1c(C)c(OC)c(OC)c2c1N[C@@H]1C=CC=C[C@H]21.[C-]#[O+].[C-]#[O+].[C-]#[O+].[Fe]. The van der Waals surface area contributed by atoms with Crippen LogP contribution in [0, 0.1) is 26.9 Å². The Kier molecular flexibility index (Phi) is 18.4. The zero-order chi connectivity index (χ0) is 23.8. The van der Waals surface area contributed by atoms with Crippen LogP contribution in [0.1, 0.15) is 61.6 Å². The van der Waals surface area contributed by atoms with Crippen molar-refractivity contribution in [2.24, 2.45) is 0 Å². The summed E-state index contributed by atoms with van der Waals surface area (Å²) >= 11 is 0. The van der Waals surface area contributed by atoms with Crippen molar-refractivity contribution in [2.75, 3.05) is 19.5 Å². The molecule has 1 heterocycles. The molecule has 0 unspecified atom stereocenters. The molecule has 174 valence electrons. The van der Waals surface area contributed by atoms with Gasteiger partial charge >= 0.3 is 33.9 Å². The maximum atomic E-state index is 7.50. The molecule has 0 amide bonds. The molecule has 1 N–H and O–H groups in total. The first-order valence-corrected chi connectivity index (χ1v) is 10.2. The second kappa shape index (κ2) is 18.4. The number of methoxy groups -OCH3 is 2. The van der Waals surface area contributed by atoms with Gasteiger partial charge in [-0.2, -0.15) is 0 Å². The summed E-state index contributed by atoms with van der Waals surface area (Å²) < 4.78 is 34.1. The Balaban J connectivity index is 0. The van der Waals surface area contributed by atoms with E-state index < -0.39 is 0 Å². The molecule has 0 spiro atoms. The number of hydrogen-bond donors (Lipinski definition) is 1. The first kappa shape index (κ1) is 32.0. The predicted molar refractivity (Wildman–Crippen MR) is 117 cm³/mol. The van der Waals surface area contributed by atoms with Gasteiger partial charge in [0.2, 0.25) is 0 Å². The fraction of sp³-hybridized carbons (Fsp3) is 0.480. The number of fused-ring (bicyclic) bond motifs is 3. The molecular formula is C25H31FeNO5. The fourth-order valence-corrected chi connectivity index (χ4v) is 4.23. The zero-order valence-corrected chi connectivity index (χ0v) is 20.2. The van der Waals surface area contributed by atoms with Crippen LogP contribution in [0.15, 0.2) is 24.3 Å². The molecule has 1 aromatic carbocycles. The Morgan fingerprint density at radius 3 is 2.00 bits per heavy atom. The van der Waals surface area contributed by atoms with E-state index in [4.69, 9.17) is 23.4 Å². The van der Waals surface area contributed by atoms with Crippen LogP contribution < -0.4 is 14.8 Å². The Bertz CT molecular complexity index is 797. The first-order valence-electron chi connectivity index (χ1n) is 10.2. The van der Waals surface area contributed by atoms with E-state index in [1.165, 1.54) is 54.5 Å². The average Bonchev–Trinajstić information content (AvgIpc) is 3.22. The third kappa shape index (κ3) is 7.46. The number of nitrogens with one attached hydrogen (secondary N) is 1. The number of allylic oxidation sites excluding steroid dienone is 2. The van der Waals surface area contributed by atoms with Crippen LogP contribution in [0.3, 0.4) is 0 Å². The minimum absolute atomic E-state index is 0. The van der Waals surface area contributed by atoms with Crippen molar-refractivity contribution in [3.8, 4) is 11.5 Å². The van der Waals surface area contributed by atoms with Crippen molar-refractivity contribution in [2.45, 2.75) is 64.3 Å². The van der Waals surface area contributed by atoms with Crippen molar-refractivity contribution in [1.82, 2.24) is 0 Å². The molecule has 7 heteroatoms. The van der Waals surface area contributed by atoms with Crippen molar-refractivity contribution in [1.29, 1.82) is 0 Å². The Labute approximate surface area is 202 Å². The molecule has 0 fully saturated rings. The smallest absolute Gasteiger partial charge is 0 e. The molecule has 0 bridgehead atoms. The van der Waals surface area contributed by atoms with Gasteiger partial charge in [-0.25, -0.2) is 0 Å². The van der Waals surface area contributed by atoms with Crippen molar-refractivity contribution in [3.63, 3.8) is 0 Å². The molecule has 6 nitrogen and oxygen atoms in total. The second-order valence-corrected chi connectivity index (χ2v) is 7.09. The van der Waals surface area contributed by atoms with Crippen LogP contribution in [-0.2, 0) is 37.4 Å². The summed E-state index contributed by atoms with van der Waals surface area (Å²) in [6, 6.07) is 0.319. The van der Waals surface area contributed by atoms with Crippen LogP contribution in [-0.4, -0.2) is 20.3 Å². The third-order valence-electron chi connectivity index (χ3n) is 5.53. The number of rotatable bonds is 8. The molecule has 1 aliphatic carbocycles. The Hall–Kier alpha value is -2.16. The van der Waals surface area contributed by atoms with Gasteiger partial charge in [0.15, 0.2) is 11.5 Å². The molecule has 2 atom stereocenters. The van der Waals surface area contributed by atoms with E-state index in [1.807, 2.05) is 0 Å². The summed E-state index contributed by atoms with van der Waals surface area (Å²) in [5.41, 5.74) is 5.16. The second-order valence-electron chi connectivity index (χ2n) is 7.09. The summed E-state index contributed by atoms with van der Waals surface area (Å²) in [6.07, 6.45) is 16.3. The molecular weight excluding hydrogens is 450 g/mol. The van der Waals surface area contributed by atoms with E-state index in [1.54, 1.807) is 14.2 Å². The van der Waals surface area contributed by atoms with Gasteiger partial charge in [-0.05, 0) is 25.3 Å². The largest absolute Gasteiger partial charge is 0 e. The normalized spacial score (nSPS) is 15.9. The molecule has 3 rings (SSSR count). The summed E-state index contributed by atoms with van der Waals surface area (Å²) in [5.74, 6) is 2.11. The molecule has 1 aromatic rings. The summed E-state index contributed by atoms with van der Waals surface area (Å²) in [7, 11) is 3.50. The van der Waals surface area contributed by atoms with Crippen LogP contribution >= 0.6 is 0 Å². The van der Waals surface area contributed by atoms with Gasteiger partial charge < -0.3 is 14.8 Å². The van der Waals surface area contributed by atoms with Crippen LogP contribution in [0.5, 0.6) is 11.5 Å². The monoisotopic (exact) mass is 481 g/mol. The molecule has 0 saturated carbocycles. The minimum Gasteiger partial charge on any atom is 0 e. The maximum Gasteiger partial charge on any atom is 0 e. The van der Waals surface area contributed by atoms with Gasteiger partial charge in [-0.1, -0.05) is 56.9 Å². The molecule has 0 saturated heterocycles. The fourth-order valence-electron chi connectivity index (χ4n) is 4.23. The zero-order valence-electron chi connectivity index (χ0n) is 19.1. The van der Waals surface area contributed by atoms with Crippen LogP contribution in [0.4, 0.5) is 5.69 Å². The van der Waals surface area contributed by atoms with Crippen LogP contribution in [0.2, 0.25) is 0 Å². The topological polar surface area (TPSA) is 90.2 Å². The predicted octanol–water partition coefficient (Wildman–Crippen LogP) is 5.41. The average molecular weight is 481 g/mol. The van der Waals surface area contributed by atoms with E-state index in [2.05, 4.69) is 63.4 Å².